The summed E-state index contributed by atoms with van der Waals surface area (Å²) in [5.41, 5.74) is 0.231. The third-order valence-electron chi connectivity index (χ3n) is 4.56. The predicted molar refractivity (Wildman–Crippen MR) is 89.1 cm³/mol. The van der Waals surface area contributed by atoms with Crippen LogP contribution in [0.25, 0.3) is 11.2 Å². The second-order valence-electron chi connectivity index (χ2n) is 6.47. The Morgan fingerprint density at radius 2 is 2.04 bits per heavy atom. The van der Waals surface area contributed by atoms with Crippen LogP contribution in [0.1, 0.15) is 12.7 Å². The Labute approximate surface area is 137 Å². The number of aromatic nitrogens is 4. The lowest BCUT2D eigenvalue weighted by Gasteiger charge is -2.32. The van der Waals surface area contributed by atoms with Crippen molar-refractivity contribution in [3.8, 4) is 0 Å². The SMILES string of the molecule is CC1CN(Cc2ccco2)c2nc3c(c(=O)n(C)c(=O)n3C)n2C1. The zero-order valence-corrected chi connectivity index (χ0v) is 13.9. The Morgan fingerprint density at radius 3 is 2.75 bits per heavy atom. The van der Waals surface area contributed by atoms with Gasteiger partial charge < -0.3 is 13.9 Å². The molecule has 0 N–H and O–H groups in total. The van der Waals surface area contributed by atoms with Crippen molar-refractivity contribution in [1.82, 2.24) is 18.7 Å². The molecule has 24 heavy (non-hydrogen) atoms. The van der Waals surface area contributed by atoms with Gasteiger partial charge in [-0.05, 0) is 18.1 Å². The Morgan fingerprint density at radius 1 is 1.25 bits per heavy atom. The number of anilines is 1. The van der Waals surface area contributed by atoms with Gasteiger partial charge in [0, 0.05) is 27.2 Å². The van der Waals surface area contributed by atoms with E-state index in [0.717, 1.165) is 16.9 Å². The smallest absolute Gasteiger partial charge is 0.332 e. The highest BCUT2D eigenvalue weighted by Crippen LogP contribution is 2.28. The van der Waals surface area contributed by atoms with E-state index in [2.05, 4.69) is 16.8 Å². The lowest BCUT2D eigenvalue weighted by atomic mass is 10.1. The van der Waals surface area contributed by atoms with Crippen LogP contribution in [0.2, 0.25) is 0 Å². The molecule has 1 atom stereocenters. The average Bonchev–Trinajstić information content (AvgIpc) is 3.18. The number of fused-ring (bicyclic) bond motifs is 3. The second kappa shape index (κ2) is 5.12. The number of aryl methyl sites for hydroxylation is 1. The first-order valence-corrected chi connectivity index (χ1v) is 7.91. The van der Waals surface area contributed by atoms with Crippen molar-refractivity contribution in [2.75, 3.05) is 11.4 Å². The number of rotatable bonds is 2. The van der Waals surface area contributed by atoms with Gasteiger partial charge >= 0.3 is 5.69 Å². The molecule has 0 aliphatic carbocycles. The molecule has 0 fully saturated rings. The van der Waals surface area contributed by atoms with Gasteiger partial charge in [-0.2, -0.15) is 4.98 Å². The summed E-state index contributed by atoms with van der Waals surface area (Å²) in [5.74, 6) is 1.90. The minimum atomic E-state index is -0.367. The summed E-state index contributed by atoms with van der Waals surface area (Å²) in [4.78, 5) is 31.5. The van der Waals surface area contributed by atoms with Crippen molar-refractivity contribution in [3.63, 3.8) is 0 Å². The molecule has 4 heterocycles. The maximum Gasteiger partial charge on any atom is 0.332 e. The molecule has 8 heteroatoms. The lowest BCUT2D eigenvalue weighted by molar-refractivity contribution is 0.417. The van der Waals surface area contributed by atoms with E-state index in [-0.39, 0.29) is 11.2 Å². The van der Waals surface area contributed by atoms with E-state index in [1.54, 1.807) is 13.3 Å². The molecular formula is C16H19N5O3. The fourth-order valence-corrected chi connectivity index (χ4v) is 3.40. The van der Waals surface area contributed by atoms with Gasteiger partial charge in [0.2, 0.25) is 5.95 Å². The fraction of sp³-hybridized carbons (Fsp3) is 0.438. The molecule has 0 radical (unpaired) electrons. The third kappa shape index (κ3) is 2.02. The van der Waals surface area contributed by atoms with Crippen LogP contribution in [0, 0.1) is 5.92 Å². The van der Waals surface area contributed by atoms with Crippen molar-refractivity contribution < 1.29 is 4.42 Å². The van der Waals surface area contributed by atoms with Crippen molar-refractivity contribution in [3.05, 3.63) is 45.0 Å². The molecule has 0 saturated carbocycles. The molecular weight excluding hydrogens is 310 g/mol. The van der Waals surface area contributed by atoms with Gasteiger partial charge in [-0.3, -0.25) is 13.9 Å². The second-order valence-corrected chi connectivity index (χ2v) is 6.47. The van der Waals surface area contributed by atoms with Gasteiger partial charge in [0.05, 0.1) is 12.8 Å². The minimum absolute atomic E-state index is 0.307. The van der Waals surface area contributed by atoms with Gasteiger partial charge in [0.15, 0.2) is 11.2 Å². The summed E-state index contributed by atoms with van der Waals surface area (Å²) < 4.78 is 9.93. The van der Waals surface area contributed by atoms with Crippen molar-refractivity contribution >= 4 is 17.1 Å². The van der Waals surface area contributed by atoms with Gasteiger partial charge in [-0.15, -0.1) is 0 Å². The Hall–Kier alpha value is -2.77. The molecule has 0 aromatic carbocycles. The molecule has 1 aliphatic heterocycles. The number of nitrogens with zero attached hydrogens (tertiary/aromatic N) is 5. The normalized spacial score (nSPS) is 17.5. The highest BCUT2D eigenvalue weighted by molar-refractivity contribution is 5.74. The van der Waals surface area contributed by atoms with E-state index in [0.29, 0.717) is 36.1 Å². The number of furan rings is 1. The zero-order valence-electron chi connectivity index (χ0n) is 13.9. The van der Waals surface area contributed by atoms with Gasteiger partial charge in [0.1, 0.15) is 5.76 Å². The average molecular weight is 329 g/mol. The van der Waals surface area contributed by atoms with Crippen molar-refractivity contribution in [2.45, 2.75) is 20.0 Å². The highest BCUT2D eigenvalue weighted by atomic mass is 16.3. The van der Waals surface area contributed by atoms with Gasteiger partial charge in [-0.25, -0.2) is 4.79 Å². The highest BCUT2D eigenvalue weighted by Gasteiger charge is 2.28. The van der Waals surface area contributed by atoms with Crippen LogP contribution >= 0.6 is 0 Å². The molecule has 0 saturated heterocycles. The van der Waals surface area contributed by atoms with Gasteiger partial charge in [0.25, 0.3) is 5.56 Å². The van der Waals surface area contributed by atoms with Crippen LogP contribution in [0.15, 0.2) is 32.4 Å². The molecule has 8 nitrogen and oxygen atoms in total. The quantitative estimate of drug-likeness (QED) is 0.691. The number of imidazole rings is 1. The zero-order chi connectivity index (χ0) is 17.0. The molecule has 126 valence electrons. The molecule has 0 spiro atoms. The van der Waals surface area contributed by atoms with E-state index in [1.807, 2.05) is 16.7 Å². The summed E-state index contributed by atoms with van der Waals surface area (Å²) in [6, 6.07) is 3.77. The minimum Gasteiger partial charge on any atom is -0.467 e. The summed E-state index contributed by atoms with van der Waals surface area (Å²) in [6.45, 7) is 4.23. The number of hydrogen-bond donors (Lipinski definition) is 0. The molecule has 1 unspecified atom stereocenters. The topological polar surface area (TPSA) is 78.2 Å². The monoisotopic (exact) mass is 329 g/mol. The van der Waals surface area contributed by atoms with Crippen LogP contribution < -0.4 is 16.1 Å². The van der Waals surface area contributed by atoms with Crippen LogP contribution in [-0.2, 0) is 27.2 Å². The first-order valence-electron chi connectivity index (χ1n) is 7.91. The summed E-state index contributed by atoms with van der Waals surface area (Å²) in [6.07, 6.45) is 1.64. The van der Waals surface area contributed by atoms with Crippen LogP contribution in [-0.4, -0.2) is 25.2 Å². The molecule has 0 bridgehead atoms. The molecule has 3 aromatic rings. The maximum absolute atomic E-state index is 12.6. The van der Waals surface area contributed by atoms with Gasteiger partial charge in [-0.1, -0.05) is 6.92 Å². The molecule has 4 rings (SSSR count). The van der Waals surface area contributed by atoms with Crippen LogP contribution in [0.5, 0.6) is 0 Å². The Balaban J connectivity index is 1.95. The first kappa shape index (κ1) is 14.8. The third-order valence-corrected chi connectivity index (χ3v) is 4.56. The summed E-state index contributed by atoms with van der Waals surface area (Å²) in [5, 5.41) is 0. The molecule has 0 amide bonds. The molecule has 1 aliphatic rings. The van der Waals surface area contributed by atoms with Crippen LogP contribution in [0.4, 0.5) is 5.95 Å². The summed E-state index contributed by atoms with van der Waals surface area (Å²) >= 11 is 0. The van der Waals surface area contributed by atoms with Crippen molar-refractivity contribution in [1.29, 1.82) is 0 Å². The van der Waals surface area contributed by atoms with Crippen molar-refractivity contribution in [2.24, 2.45) is 20.0 Å². The van der Waals surface area contributed by atoms with E-state index < -0.39 is 0 Å². The Kier molecular flexibility index (Phi) is 3.16. The van der Waals surface area contributed by atoms with E-state index in [1.165, 1.54) is 11.6 Å². The number of hydrogen-bond acceptors (Lipinski definition) is 5. The molecule has 3 aromatic heterocycles. The standard InChI is InChI=1S/C16H19N5O3/c1-10-7-20(9-11-5-4-6-24-11)15-17-13-12(21(15)8-10)14(22)19(3)16(23)18(13)2/h4-6,10H,7-9H2,1-3H3. The van der Waals surface area contributed by atoms with E-state index in [9.17, 15) is 9.59 Å². The lowest BCUT2D eigenvalue weighted by Crippen LogP contribution is -2.39. The predicted octanol–water partition coefficient (Wildman–Crippen LogP) is 0.683. The Bertz CT molecular complexity index is 1020. The first-order chi connectivity index (χ1) is 11.5. The maximum atomic E-state index is 12.6. The largest absolute Gasteiger partial charge is 0.467 e. The fourth-order valence-electron chi connectivity index (χ4n) is 3.40. The van der Waals surface area contributed by atoms with Crippen LogP contribution in [0.3, 0.4) is 0 Å². The summed E-state index contributed by atoms with van der Waals surface area (Å²) in [7, 11) is 3.14. The van der Waals surface area contributed by atoms with E-state index >= 15 is 0 Å². The van der Waals surface area contributed by atoms with E-state index in [4.69, 9.17) is 4.42 Å².